The number of benzene rings is 2. The molecule has 3 saturated heterocycles. The Morgan fingerprint density at radius 3 is 2.74 bits per heavy atom. The van der Waals surface area contributed by atoms with Crippen LogP contribution in [0, 0.1) is 5.92 Å². The molecule has 0 aliphatic carbocycles. The number of piperidine rings is 3. The van der Waals surface area contributed by atoms with Crippen molar-refractivity contribution in [3.8, 4) is 11.1 Å². The van der Waals surface area contributed by atoms with E-state index in [-0.39, 0.29) is 23.1 Å². The second kappa shape index (κ2) is 11.1. The lowest BCUT2D eigenvalue weighted by Crippen LogP contribution is -2.58. The molecule has 7 heteroatoms. The molecule has 0 spiro atoms. The quantitative estimate of drug-likeness (QED) is 0.521. The van der Waals surface area contributed by atoms with Gasteiger partial charge in [0, 0.05) is 42.8 Å². The van der Waals surface area contributed by atoms with Crippen molar-refractivity contribution in [2.24, 2.45) is 5.92 Å². The van der Waals surface area contributed by atoms with E-state index in [4.69, 9.17) is 4.74 Å². The molecule has 6 rings (SSSR count). The molecule has 2 amide bonds. The first-order valence-corrected chi connectivity index (χ1v) is 13.8. The fraction of sp³-hybridized carbons (Fsp3) is 0.500. The lowest BCUT2D eigenvalue weighted by molar-refractivity contribution is -0.122. The van der Waals surface area contributed by atoms with E-state index in [2.05, 4.69) is 33.7 Å². The van der Waals surface area contributed by atoms with Crippen LogP contribution in [-0.2, 0) is 16.0 Å². The third kappa shape index (κ3) is 5.57. The highest BCUT2D eigenvalue weighted by molar-refractivity contribution is 8.01. The maximum absolute atomic E-state index is 13.2. The van der Waals surface area contributed by atoms with Gasteiger partial charge in [0.2, 0.25) is 5.91 Å². The smallest absolute Gasteiger partial charge is 0.251 e. The molecule has 4 aliphatic heterocycles. The van der Waals surface area contributed by atoms with Crippen LogP contribution in [0.1, 0.15) is 42.1 Å². The first kappa shape index (κ1) is 24.3. The predicted molar refractivity (Wildman–Crippen MR) is 140 cm³/mol. The summed E-state index contributed by atoms with van der Waals surface area (Å²) in [4.78, 5) is 29.5. The number of carbonyl (C=O) groups is 2. The molecule has 2 atom stereocenters. The molecule has 0 radical (unpaired) electrons. The van der Waals surface area contributed by atoms with Crippen LogP contribution in [0.15, 0.2) is 47.4 Å². The Kier molecular flexibility index (Phi) is 7.75. The summed E-state index contributed by atoms with van der Waals surface area (Å²) < 4.78 is 5.34. The number of nitrogens with one attached hydrogen (secondary N) is 2. The number of thioether (sulfide) groups is 1. The van der Waals surface area contributed by atoms with Crippen LogP contribution in [0.2, 0.25) is 0 Å². The summed E-state index contributed by atoms with van der Waals surface area (Å²) in [6.07, 6.45) is 3.94. The van der Waals surface area contributed by atoms with Gasteiger partial charge in [-0.1, -0.05) is 30.3 Å². The number of nitrogens with zero attached hydrogens (tertiary/aromatic N) is 1. The van der Waals surface area contributed by atoms with Crippen molar-refractivity contribution in [1.29, 1.82) is 0 Å². The summed E-state index contributed by atoms with van der Waals surface area (Å²) in [6, 6.07) is 14.3. The summed E-state index contributed by atoms with van der Waals surface area (Å²) in [5.41, 5.74) is 3.97. The van der Waals surface area contributed by atoms with E-state index in [9.17, 15) is 9.59 Å². The number of hydrogen-bond donors (Lipinski definition) is 2. The van der Waals surface area contributed by atoms with Crippen LogP contribution in [0.25, 0.3) is 11.1 Å². The van der Waals surface area contributed by atoms with Crippen LogP contribution in [0.5, 0.6) is 0 Å². The molecule has 35 heavy (non-hydrogen) atoms. The van der Waals surface area contributed by atoms with Gasteiger partial charge in [0.15, 0.2) is 0 Å². The zero-order chi connectivity index (χ0) is 24.2. The van der Waals surface area contributed by atoms with Gasteiger partial charge in [-0.05, 0) is 80.4 Å². The molecule has 0 aromatic heterocycles. The summed E-state index contributed by atoms with van der Waals surface area (Å²) in [6.45, 7) is 7.25. The average Bonchev–Trinajstić information content (AvgIpc) is 3.34. The van der Waals surface area contributed by atoms with Crippen molar-refractivity contribution in [2.75, 3.05) is 39.4 Å². The van der Waals surface area contributed by atoms with Gasteiger partial charge in [-0.2, -0.15) is 0 Å². The highest BCUT2D eigenvalue weighted by Crippen LogP contribution is 2.43. The van der Waals surface area contributed by atoms with Crippen LogP contribution < -0.4 is 10.6 Å². The molecule has 2 aromatic rings. The largest absolute Gasteiger partial charge is 0.382 e. The zero-order valence-electron chi connectivity index (χ0n) is 20.4. The molecule has 6 nitrogen and oxygen atoms in total. The molecule has 2 N–H and O–H groups in total. The minimum atomic E-state index is -0.0987. The van der Waals surface area contributed by atoms with Crippen LogP contribution >= 0.6 is 11.8 Å². The predicted octanol–water partition coefficient (Wildman–Crippen LogP) is 3.74. The van der Waals surface area contributed by atoms with Gasteiger partial charge in [0.05, 0.1) is 5.25 Å². The van der Waals surface area contributed by atoms with Crippen LogP contribution in [-0.4, -0.2) is 67.4 Å². The fourth-order valence-corrected chi connectivity index (χ4v) is 6.83. The Labute approximate surface area is 212 Å². The van der Waals surface area contributed by atoms with Gasteiger partial charge in [0.25, 0.3) is 5.91 Å². The van der Waals surface area contributed by atoms with E-state index < -0.39 is 0 Å². The van der Waals surface area contributed by atoms with Crippen LogP contribution in [0.4, 0.5) is 0 Å². The van der Waals surface area contributed by atoms with Crippen LogP contribution in [0.3, 0.4) is 0 Å². The molecule has 1 unspecified atom stereocenters. The summed E-state index contributed by atoms with van der Waals surface area (Å²) >= 11 is 1.67. The summed E-state index contributed by atoms with van der Waals surface area (Å²) in [5, 5.41) is 6.26. The van der Waals surface area contributed by atoms with E-state index in [0.717, 1.165) is 35.4 Å². The van der Waals surface area contributed by atoms with Gasteiger partial charge in [0.1, 0.15) is 0 Å². The Balaban J connectivity index is 1.24. The van der Waals surface area contributed by atoms with Gasteiger partial charge < -0.3 is 20.3 Å². The van der Waals surface area contributed by atoms with Gasteiger partial charge in [-0.15, -0.1) is 11.8 Å². The number of amides is 2. The average molecular weight is 494 g/mol. The topological polar surface area (TPSA) is 70.7 Å². The lowest BCUT2D eigenvalue weighted by Gasteiger charge is -2.45. The Morgan fingerprint density at radius 2 is 1.97 bits per heavy atom. The maximum Gasteiger partial charge on any atom is 0.251 e. The SMILES string of the molecule is CCOCCCNC(=O)c1cccc(-c2cccc3c2SC(C(=O)N[C@H]2CN4CCC2CC4)C3)c1. The monoisotopic (exact) mass is 493 g/mol. The normalized spacial score (nSPS) is 24.7. The number of hydrogen-bond acceptors (Lipinski definition) is 5. The Morgan fingerprint density at radius 1 is 1.14 bits per heavy atom. The molecule has 4 aliphatic rings. The molecular formula is C28H35N3O3S. The minimum absolute atomic E-state index is 0.0710. The number of carbonyl (C=O) groups excluding carboxylic acids is 2. The summed E-state index contributed by atoms with van der Waals surface area (Å²) in [5.74, 6) is 0.718. The van der Waals surface area contributed by atoms with E-state index in [1.807, 2.05) is 31.2 Å². The lowest BCUT2D eigenvalue weighted by atomic mass is 9.84. The highest BCUT2D eigenvalue weighted by Gasteiger charge is 2.37. The van der Waals surface area contributed by atoms with Gasteiger partial charge in [-0.25, -0.2) is 0 Å². The maximum atomic E-state index is 13.2. The minimum Gasteiger partial charge on any atom is -0.382 e. The van der Waals surface area contributed by atoms with Crippen molar-refractivity contribution >= 4 is 23.6 Å². The van der Waals surface area contributed by atoms with Gasteiger partial charge >= 0.3 is 0 Å². The highest BCUT2D eigenvalue weighted by atomic mass is 32.2. The Hall–Kier alpha value is -2.35. The standard InChI is InChI=1S/C28H35N3O3S/c1-2-34-15-5-12-29-27(32)22-8-3-6-20(16-22)23-9-4-7-21-17-25(35-26(21)23)28(33)30-24-18-31-13-10-19(24)11-14-31/h3-4,6-9,16,19,24-25H,2,5,10-15,17-18H2,1H3,(H,29,32)(H,30,33)/t24-,25?/m0/s1. The molecule has 2 aromatic carbocycles. The second-order valence-corrected chi connectivity index (χ2v) is 11.0. The first-order chi connectivity index (χ1) is 17.1. The van der Waals surface area contributed by atoms with Crippen molar-refractivity contribution in [2.45, 2.75) is 48.8 Å². The molecule has 0 saturated carbocycles. The number of ether oxygens (including phenoxy) is 1. The molecule has 2 bridgehead atoms. The third-order valence-corrected chi connectivity index (χ3v) is 8.81. The molecule has 4 heterocycles. The van der Waals surface area contributed by atoms with E-state index in [1.165, 1.54) is 31.5 Å². The summed E-state index contributed by atoms with van der Waals surface area (Å²) in [7, 11) is 0. The first-order valence-electron chi connectivity index (χ1n) is 12.9. The van der Waals surface area contributed by atoms with Crippen molar-refractivity contribution in [3.63, 3.8) is 0 Å². The Bertz CT molecular complexity index is 1070. The number of rotatable bonds is 9. The van der Waals surface area contributed by atoms with Crippen molar-refractivity contribution in [1.82, 2.24) is 15.5 Å². The molecular weight excluding hydrogens is 458 g/mol. The van der Waals surface area contributed by atoms with E-state index >= 15 is 0 Å². The zero-order valence-corrected chi connectivity index (χ0v) is 21.2. The van der Waals surface area contributed by atoms with Crippen molar-refractivity contribution in [3.05, 3.63) is 53.6 Å². The molecule has 186 valence electrons. The van der Waals surface area contributed by atoms with E-state index in [0.29, 0.717) is 31.2 Å². The van der Waals surface area contributed by atoms with Gasteiger partial charge in [-0.3, -0.25) is 9.59 Å². The van der Waals surface area contributed by atoms with Crippen molar-refractivity contribution < 1.29 is 14.3 Å². The van der Waals surface area contributed by atoms with E-state index in [1.54, 1.807) is 11.8 Å². The fourth-order valence-electron chi connectivity index (χ4n) is 5.50. The number of fused-ring (bicyclic) bond motifs is 4. The third-order valence-electron chi connectivity index (χ3n) is 7.43. The molecule has 3 fully saturated rings. The second-order valence-electron chi connectivity index (χ2n) is 9.74.